The Morgan fingerprint density at radius 3 is 2.27 bits per heavy atom. The predicted octanol–water partition coefficient (Wildman–Crippen LogP) is 5.47. The summed E-state index contributed by atoms with van der Waals surface area (Å²) in [5.41, 5.74) is 6.98. The average Bonchev–Trinajstić information content (AvgIpc) is 2.81. The summed E-state index contributed by atoms with van der Waals surface area (Å²) < 4.78 is 38.5. The first kappa shape index (κ1) is 30.2. The van der Waals surface area contributed by atoms with Crippen molar-refractivity contribution in [2.45, 2.75) is 40.7 Å². The molecule has 2 aromatic rings. The van der Waals surface area contributed by atoms with E-state index >= 15 is 0 Å². The summed E-state index contributed by atoms with van der Waals surface area (Å²) >= 11 is 0. The van der Waals surface area contributed by atoms with Crippen LogP contribution in [-0.4, -0.2) is 42.2 Å². The zero-order valence-corrected chi connectivity index (χ0v) is 20.8. The van der Waals surface area contributed by atoms with Crippen LogP contribution in [0.1, 0.15) is 42.4 Å². The predicted molar refractivity (Wildman–Crippen MR) is 138 cm³/mol. The maximum Gasteiger partial charge on any atom is 0.278 e. The van der Waals surface area contributed by atoms with E-state index in [1.165, 1.54) is 13.1 Å². The summed E-state index contributed by atoms with van der Waals surface area (Å²) in [5, 5.41) is 0. The number of benzene rings is 1. The van der Waals surface area contributed by atoms with Crippen molar-refractivity contribution in [3.63, 3.8) is 0 Å². The maximum atomic E-state index is 13.6. The normalized spacial score (nSPS) is 10.3. The van der Waals surface area contributed by atoms with Crippen molar-refractivity contribution in [1.29, 1.82) is 0 Å². The van der Waals surface area contributed by atoms with Crippen LogP contribution in [0.25, 0.3) is 0 Å². The fourth-order valence-corrected chi connectivity index (χ4v) is 3.63. The van der Waals surface area contributed by atoms with Gasteiger partial charge in [0.15, 0.2) is 6.29 Å². The van der Waals surface area contributed by atoms with E-state index in [9.17, 15) is 18.0 Å². The van der Waals surface area contributed by atoms with Crippen molar-refractivity contribution in [3.8, 4) is 0 Å². The number of pyridine rings is 1. The number of anilines is 1. The van der Waals surface area contributed by atoms with E-state index in [0.29, 0.717) is 17.7 Å². The molecule has 2 N–H and O–H groups in total. The number of nitrogens with one attached hydrogen (secondary N) is 2. The lowest BCUT2D eigenvalue weighted by Crippen LogP contribution is -2.29. The first-order valence-electron chi connectivity index (χ1n) is 10.4. The van der Waals surface area contributed by atoms with Crippen molar-refractivity contribution < 1.29 is 18.0 Å². The minimum absolute atomic E-state index is 0.229. The molecule has 33 heavy (non-hydrogen) atoms. The Morgan fingerprint density at radius 2 is 1.88 bits per heavy atom. The van der Waals surface area contributed by atoms with Gasteiger partial charge in [-0.15, -0.1) is 9.39 Å². The van der Waals surface area contributed by atoms with Crippen LogP contribution in [-0.2, 0) is 6.54 Å². The number of alkyl halides is 2. The van der Waals surface area contributed by atoms with E-state index < -0.39 is 15.8 Å². The van der Waals surface area contributed by atoms with E-state index in [1.807, 2.05) is 32.9 Å². The van der Waals surface area contributed by atoms with Gasteiger partial charge in [-0.2, -0.15) is 0 Å². The van der Waals surface area contributed by atoms with Crippen LogP contribution in [0, 0.1) is 12.7 Å². The molecule has 2 rings (SSSR count). The van der Waals surface area contributed by atoms with E-state index in [1.54, 1.807) is 25.3 Å². The zero-order valence-electron chi connectivity index (χ0n) is 20.0. The zero-order chi connectivity index (χ0) is 25.6. The second-order valence-electron chi connectivity index (χ2n) is 6.66. The van der Waals surface area contributed by atoms with Crippen LogP contribution in [0.4, 0.5) is 18.9 Å². The summed E-state index contributed by atoms with van der Waals surface area (Å²) in [6, 6.07) is 8.57. The molecule has 0 saturated heterocycles. The molecule has 0 aliphatic heterocycles. The van der Waals surface area contributed by atoms with Gasteiger partial charge >= 0.3 is 0 Å². The summed E-state index contributed by atoms with van der Waals surface area (Å²) in [5.74, 6) is 9.11. The number of carbonyl (C=O) groups is 1. The number of aryl methyl sites for hydroxylation is 1. The van der Waals surface area contributed by atoms with Crippen molar-refractivity contribution in [2.75, 3.05) is 17.1 Å². The van der Waals surface area contributed by atoms with Gasteiger partial charge in [-0.25, -0.2) is 18.6 Å². The van der Waals surface area contributed by atoms with Gasteiger partial charge in [-0.05, 0) is 48.6 Å². The Labute approximate surface area is 196 Å². The lowest BCUT2D eigenvalue weighted by Gasteiger charge is -2.32. The topological polar surface area (TPSA) is 57.3 Å². The highest BCUT2D eigenvalue weighted by atomic mass is 32.2. The SMILES string of the molecule is C=C(NNC)C(F)F.C=S(=C)(CC)N(Cc1ccc(C=O)cn1)c1ccc(F)c(C)c1.CC. The molecule has 0 spiro atoms. The smallest absolute Gasteiger partial charge is 0.278 e. The number of hydrogen-bond donors (Lipinski definition) is 2. The van der Waals surface area contributed by atoms with Gasteiger partial charge in [0.2, 0.25) is 0 Å². The molecule has 0 aliphatic carbocycles. The van der Waals surface area contributed by atoms with E-state index in [-0.39, 0.29) is 11.5 Å². The summed E-state index contributed by atoms with van der Waals surface area (Å²) in [7, 11) is -0.0619. The molecule has 0 radical (unpaired) electrons. The number of rotatable bonds is 9. The van der Waals surface area contributed by atoms with Gasteiger partial charge in [0.05, 0.1) is 17.9 Å². The Balaban J connectivity index is 0.000000868. The minimum Gasteiger partial charge on any atom is -0.322 e. The third-order valence-electron chi connectivity index (χ3n) is 4.27. The lowest BCUT2D eigenvalue weighted by molar-refractivity contribution is 0.112. The van der Waals surface area contributed by atoms with Gasteiger partial charge in [0.1, 0.15) is 5.82 Å². The van der Waals surface area contributed by atoms with E-state index in [4.69, 9.17) is 0 Å². The fourth-order valence-electron chi connectivity index (χ4n) is 2.35. The molecule has 1 heterocycles. The van der Waals surface area contributed by atoms with Crippen molar-refractivity contribution >= 4 is 33.1 Å². The molecule has 0 bridgehead atoms. The van der Waals surface area contributed by atoms with E-state index in [2.05, 4.69) is 38.5 Å². The number of aldehydes is 1. The molecule has 9 heteroatoms. The highest BCUT2D eigenvalue weighted by Gasteiger charge is 2.14. The first-order chi connectivity index (χ1) is 15.5. The van der Waals surface area contributed by atoms with Crippen molar-refractivity contribution in [1.82, 2.24) is 15.8 Å². The fraction of sp³-hybridized carbons (Fsp3) is 0.333. The number of hydrazine groups is 1. The van der Waals surface area contributed by atoms with Gasteiger partial charge in [-0.3, -0.25) is 9.78 Å². The highest BCUT2D eigenvalue weighted by Crippen LogP contribution is 2.34. The largest absolute Gasteiger partial charge is 0.322 e. The highest BCUT2D eigenvalue weighted by molar-refractivity contribution is 8.28. The standard InChI is InChI=1S/C18H21FN2OS.C4H8F2N2.C2H6/c1-5-23(3,4)21(17-8-9-18(19)14(2)10-17)12-16-7-6-15(13-22)11-20-16;1-3(4(5)6)8-7-2;1-2/h6-11,13H,3-5,12H2,1-2H3;4,7-8H,1H2,2H3;1-2H3. The van der Waals surface area contributed by atoms with Crippen LogP contribution in [0.3, 0.4) is 0 Å². The quantitative estimate of drug-likeness (QED) is 0.281. The van der Waals surface area contributed by atoms with Crippen molar-refractivity contribution in [2.24, 2.45) is 0 Å². The Morgan fingerprint density at radius 1 is 1.24 bits per heavy atom. The van der Waals surface area contributed by atoms with E-state index in [0.717, 1.165) is 23.4 Å². The first-order valence-corrected chi connectivity index (χ1v) is 12.5. The van der Waals surface area contributed by atoms with Crippen LogP contribution in [0.2, 0.25) is 0 Å². The molecular formula is C24H35F3N4OS. The average molecular weight is 485 g/mol. The lowest BCUT2D eigenvalue weighted by atomic mass is 10.2. The Bertz CT molecular complexity index is 978. The minimum atomic E-state index is -2.50. The molecule has 0 fully saturated rings. The molecule has 0 saturated carbocycles. The second kappa shape index (κ2) is 15.1. The van der Waals surface area contributed by atoms with Gasteiger partial charge < -0.3 is 9.73 Å². The third kappa shape index (κ3) is 10.1. The summed E-state index contributed by atoms with van der Waals surface area (Å²) in [6.45, 7) is 11.3. The monoisotopic (exact) mass is 484 g/mol. The van der Waals surface area contributed by atoms with Crippen LogP contribution < -0.4 is 15.2 Å². The van der Waals surface area contributed by atoms with Crippen LogP contribution in [0.15, 0.2) is 48.8 Å². The molecule has 184 valence electrons. The second-order valence-corrected chi connectivity index (χ2v) is 9.68. The van der Waals surface area contributed by atoms with Crippen LogP contribution >= 0.6 is 9.39 Å². The molecule has 0 unspecified atom stereocenters. The summed E-state index contributed by atoms with van der Waals surface area (Å²) in [6.07, 6.45) is -0.184. The number of hydrogen-bond acceptors (Lipinski definition) is 5. The molecule has 1 aromatic heterocycles. The summed E-state index contributed by atoms with van der Waals surface area (Å²) in [4.78, 5) is 15.0. The molecule has 5 nitrogen and oxygen atoms in total. The van der Waals surface area contributed by atoms with Crippen molar-refractivity contribution in [3.05, 3.63) is 71.4 Å². The number of allylic oxidation sites excluding steroid dienone is 1. The number of carbonyl (C=O) groups excluding carboxylic acids is 1. The number of aromatic nitrogens is 1. The maximum absolute atomic E-state index is 13.6. The number of halogens is 3. The van der Waals surface area contributed by atoms with Gasteiger partial charge in [0.25, 0.3) is 6.43 Å². The molecular weight excluding hydrogens is 449 g/mol. The Hall–Kier alpha value is -2.78. The molecule has 1 aromatic carbocycles. The molecule has 0 aliphatic rings. The molecule has 0 atom stereocenters. The Kier molecular flexibility index (Phi) is 13.9. The van der Waals surface area contributed by atoms with Crippen LogP contribution in [0.5, 0.6) is 0 Å². The molecule has 0 amide bonds. The van der Waals surface area contributed by atoms with Gasteiger partial charge in [-0.1, -0.05) is 39.1 Å². The number of nitrogens with zero attached hydrogens (tertiary/aromatic N) is 2. The van der Waals surface area contributed by atoms with Gasteiger partial charge in [0, 0.05) is 24.5 Å². The third-order valence-corrected chi connectivity index (χ3v) is 6.62.